The van der Waals surface area contributed by atoms with E-state index in [0.29, 0.717) is 52.7 Å². The van der Waals surface area contributed by atoms with E-state index in [0.717, 1.165) is 42.8 Å². The van der Waals surface area contributed by atoms with Gasteiger partial charge in [-0.1, -0.05) is 6.42 Å². The lowest BCUT2D eigenvalue weighted by Crippen LogP contribution is -2.24. The van der Waals surface area contributed by atoms with Crippen LogP contribution in [-0.2, 0) is 22.5 Å². The van der Waals surface area contributed by atoms with E-state index >= 15 is 0 Å². The molecular formula is C25H29N3O6S. The van der Waals surface area contributed by atoms with Crippen molar-refractivity contribution in [3.8, 4) is 11.5 Å². The summed E-state index contributed by atoms with van der Waals surface area (Å²) in [5.41, 5.74) is 0.924. The first kappa shape index (κ1) is 24.7. The Morgan fingerprint density at radius 3 is 2.66 bits per heavy atom. The van der Waals surface area contributed by atoms with Crippen molar-refractivity contribution in [2.24, 2.45) is 0 Å². The highest BCUT2D eigenvalue weighted by molar-refractivity contribution is 7.20. The van der Waals surface area contributed by atoms with Gasteiger partial charge in [0.25, 0.3) is 11.5 Å². The zero-order chi connectivity index (χ0) is 24.9. The average Bonchev–Trinajstić information content (AvgIpc) is 3.00. The molecule has 0 aliphatic carbocycles. The van der Waals surface area contributed by atoms with Crippen molar-refractivity contribution >= 4 is 39.1 Å². The molecule has 4 rings (SSSR count). The number of nitrogens with one attached hydrogen (secondary N) is 1. The highest BCUT2D eigenvalue weighted by Gasteiger charge is 2.23. The second-order valence-electron chi connectivity index (χ2n) is 8.18. The van der Waals surface area contributed by atoms with Crippen molar-refractivity contribution in [2.45, 2.75) is 53.0 Å². The van der Waals surface area contributed by atoms with Crippen LogP contribution in [0, 0.1) is 6.92 Å². The van der Waals surface area contributed by atoms with E-state index in [2.05, 4.69) is 10.3 Å². The molecule has 1 amide bonds. The normalized spacial score (nSPS) is 13.1. The minimum atomic E-state index is -0.651. The van der Waals surface area contributed by atoms with Crippen LogP contribution in [-0.4, -0.2) is 41.2 Å². The van der Waals surface area contributed by atoms with Crippen molar-refractivity contribution < 1.29 is 23.8 Å². The second kappa shape index (κ2) is 10.9. The predicted octanol–water partition coefficient (Wildman–Crippen LogP) is 4.09. The fraction of sp³-hybridized carbons (Fsp3) is 0.440. The molecule has 186 valence electrons. The maximum atomic E-state index is 13.1. The third-order valence-electron chi connectivity index (χ3n) is 5.76. The Kier molecular flexibility index (Phi) is 7.70. The third-order valence-corrected chi connectivity index (χ3v) is 6.92. The lowest BCUT2D eigenvalue weighted by Gasteiger charge is -2.13. The van der Waals surface area contributed by atoms with E-state index in [-0.39, 0.29) is 10.4 Å². The molecule has 0 atom stereocenters. The van der Waals surface area contributed by atoms with Gasteiger partial charge in [0, 0.05) is 24.7 Å². The molecule has 0 unspecified atom stereocenters. The van der Waals surface area contributed by atoms with Gasteiger partial charge >= 0.3 is 5.97 Å². The number of aryl methyl sites for hydroxylation is 2. The van der Waals surface area contributed by atoms with Crippen LogP contribution in [0.4, 0.5) is 5.69 Å². The van der Waals surface area contributed by atoms with Gasteiger partial charge in [-0.05, 0) is 51.3 Å². The molecule has 9 nitrogen and oxygen atoms in total. The average molecular weight is 500 g/mol. The number of benzene rings is 1. The summed E-state index contributed by atoms with van der Waals surface area (Å²) in [6.07, 6.45) is 3.75. The molecule has 10 heteroatoms. The number of amides is 1. The maximum Gasteiger partial charge on any atom is 0.349 e. The first-order valence-electron chi connectivity index (χ1n) is 11.8. The van der Waals surface area contributed by atoms with Gasteiger partial charge in [-0.25, -0.2) is 9.78 Å². The van der Waals surface area contributed by atoms with E-state index in [9.17, 15) is 14.4 Å². The number of carbonyl (C=O) groups is 2. The summed E-state index contributed by atoms with van der Waals surface area (Å²) in [6.45, 7) is 6.57. The summed E-state index contributed by atoms with van der Waals surface area (Å²) < 4.78 is 18.1. The standard InChI is InChI=1S/C25H29N3O6S/c1-4-32-17-11-10-16(13-18(17)33-5-2)26-20(29)14-34-25(31)22-15(3)21-23(35-22)27-19-9-7-6-8-12-28(19)24(21)30/h10-11,13H,4-9,12,14H2,1-3H3,(H,26,29). The Balaban J connectivity index is 1.46. The van der Waals surface area contributed by atoms with Gasteiger partial charge in [0.05, 0.1) is 18.6 Å². The van der Waals surface area contributed by atoms with Crippen LogP contribution < -0.4 is 20.3 Å². The van der Waals surface area contributed by atoms with E-state index < -0.39 is 18.5 Å². The molecule has 3 heterocycles. The lowest BCUT2D eigenvalue weighted by atomic mass is 10.2. The molecule has 0 saturated carbocycles. The molecule has 2 aromatic heterocycles. The molecule has 3 aromatic rings. The highest BCUT2D eigenvalue weighted by atomic mass is 32.1. The van der Waals surface area contributed by atoms with Gasteiger partial charge in [-0.3, -0.25) is 14.2 Å². The Morgan fingerprint density at radius 1 is 1.11 bits per heavy atom. The zero-order valence-corrected chi connectivity index (χ0v) is 21.0. The largest absolute Gasteiger partial charge is 0.490 e. The van der Waals surface area contributed by atoms with Crippen molar-refractivity contribution in [1.82, 2.24) is 9.55 Å². The number of hydrogen-bond donors (Lipinski definition) is 1. The number of nitrogens with zero attached hydrogens (tertiary/aromatic N) is 2. The van der Waals surface area contributed by atoms with Crippen molar-refractivity contribution in [2.75, 3.05) is 25.1 Å². The Morgan fingerprint density at radius 2 is 1.89 bits per heavy atom. The summed E-state index contributed by atoms with van der Waals surface area (Å²) in [7, 11) is 0. The van der Waals surface area contributed by atoms with Gasteiger partial charge < -0.3 is 19.5 Å². The molecule has 0 bridgehead atoms. The van der Waals surface area contributed by atoms with Crippen LogP contribution in [0.2, 0.25) is 0 Å². The molecule has 1 aromatic carbocycles. The number of carbonyl (C=O) groups excluding carboxylic acids is 2. The number of rotatable bonds is 8. The molecule has 0 saturated heterocycles. The van der Waals surface area contributed by atoms with E-state index in [1.165, 1.54) is 0 Å². The molecule has 1 aliphatic heterocycles. The number of thiophene rings is 1. The summed E-state index contributed by atoms with van der Waals surface area (Å²) in [5, 5.41) is 3.15. The van der Waals surface area contributed by atoms with Gasteiger partial charge in [-0.15, -0.1) is 11.3 Å². The monoisotopic (exact) mass is 499 g/mol. The van der Waals surface area contributed by atoms with E-state index in [1.54, 1.807) is 29.7 Å². The minimum absolute atomic E-state index is 0.113. The fourth-order valence-electron chi connectivity index (χ4n) is 4.13. The lowest BCUT2D eigenvalue weighted by molar-refractivity contribution is -0.119. The number of esters is 1. The summed E-state index contributed by atoms with van der Waals surface area (Å²) in [5.74, 6) is 0.723. The van der Waals surface area contributed by atoms with Crippen molar-refractivity contribution in [3.63, 3.8) is 0 Å². The second-order valence-corrected chi connectivity index (χ2v) is 9.18. The van der Waals surface area contributed by atoms with Gasteiger partial charge in [0.1, 0.15) is 15.5 Å². The van der Waals surface area contributed by atoms with Crippen LogP contribution >= 0.6 is 11.3 Å². The Labute approximate surface area is 207 Å². The quantitative estimate of drug-likeness (QED) is 0.465. The molecular weight excluding hydrogens is 470 g/mol. The van der Waals surface area contributed by atoms with E-state index in [4.69, 9.17) is 14.2 Å². The molecule has 0 radical (unpaired) electrons. The summed E-state index contributed by atoms with van der Waals surface area (Å²) in [4.78, 5) is 43.8. The topological polar surface area (TPSA) is 109 Å². The minimum Gasteiger partial charge on any atom is -0.490 e. The molecule has 1 aliphatic rings. The van der Waals surface area contributed by atoms with Gasteiger partial charge in [0.15, 0.2) is 18.1 Å². The van der Waals surface area contributed by atoms with Gasteiger partial charge in [0.2, 0.25) is 0 Å². The third kappa shape index (κ3) is 5.32. The first-order valence-corrected chi connectivity index (χ1v) is 12.6. The smallest absolute Gasteiger partial charge is 0.349 e. The Bertz CT molecular complexity index is 1310. The summed E-state index contributed by atoms with van der Waals surface area (Å²) >= 11 is 1.13. The van der Waals surface area contributed by atoms with Crippen molar-refractivity contribution in [3.05, 3.63) is 44.8 Å². The number of ether oxygens (including phenoxy) is 3. The van der Waals surface area contributed by atoms with Crippen LogP contribution in [0.25, 0.3) is 10.2 Å². The van der Waals surface area contributed by atoms with Crippen molar-refractivity contribution in [1.29, 1.82) is 0 Å². The maximum absolute atomic E-state index is 13.1. The number of aromatic nitrogens is 2. The number of hydrogen-bond acceptors (Lipinski definition) is 8. The summed E-state index contributed by atoms with van der Waals surface area (Å²) in [6, 6.07) is 5.06. The van der Waals surface area contributed by atoms with Crippen LogP contribution in [0.15, 0.2) is 23.0 Å². The SMILES string of the molecule is CCOc1ccc(NC(=O)COC(=O)c2sc3nc4n(c(=O)c3c2C)CCCCC4)cc1OCC. The van der Waals surface area contributed by atoms with Crippen LogP contribution in [0.5, 0.6) is 11.5 Å². The fourth-order valence-corrected chi connectivity index (χ4v) is 5.21. The van der Waals surface area contributed by atoms with Crippen LogP contribution in [0.3, 0.4) is 0 Å². The van der Waals surface area contributed by atoms with Gasteiger partial charge in [-0.2, -0.15) is 0 Å². The zero-order valence-electron chi connectivity index (χ0n) is 20.1. The van der Waals surface area contributed by atoms with E-state index in [1.807, 2.05) is 13.8 Å². The molecule has 0 spiro atoms. The first-order chi connectivity index (χ1) is 16.9. The highest BCUT2D eigenvalue weighted by Crippen LogP contribution is 2.31. The molecule has 1 N–H and O–H groups in total. The number of fused-ring (bicyclic) bond motifs is 2. The molecule has 0 fully saturated rings. The number of anilines is 1. The Hall–Kier alpha value is -3.40. The molecule has 35 heavy (non-hydrogen) atoms. The van der Waals surface area contributed by atoms with Crippen LogP contribution in [0.1, 0.15) is 54.2 Å². The predicted molar refractivity (Wildman–Crippen MR) is 134 cm³/mol.